The molecular formula is C16H32N2S. The van der Waals surface area contributed by atoms with Crippen molar-refractivity contribution in [3.63, 3.8) is 0 Å². The van der Waals surface area contributed by atoms with Crippen LogP contribution in [0.3, 0.4) is 0 Å². The molecule has 0 aromatic heterocycles. The number of rotatable bonds is 9. The van der Waals surface area contributed by atoms with Crippen molar-refractivity contribution in [1.82, 2.24) is 10.2 Å². The summed E-state index contributed by atoms with van der Waals surface area (Å²) in [7, 11) is 2.35. The smallest absolute Gasteiger partial charge is 0.0180 e. The zero-order valence-electron chi connectivity index (χ0n) is 13.1. The monoisotopic (exact) mass is 284 g/mol. The SMILES string of the molecule is CCC(CSC)N(C)CC1(CNC2CC2)CCCC1. The fraction of sp³-hybridized carbons (Fsp3) is 1.00. The van der Waals surface area contributed by atoms with Gasteiger partial charge in [0.1, 0.15) is 0 Å². The van der Waals surface area contributed by atoms with Crippen LogP contribution in [0.5, 0.6) is 0 Å². The maximum absolute atomic E-state index is 3.80. The normalized spacial score (nSPS) is 24.0. The van der Waals surface area contributed by atoms with Crippen molar-refractivity contribution in [2.45, 2.75) is 64.0 Å². The minimum absolute atomic E-state index is 0.573. The van der Waals surface area contributed by atoms with Gasteiger partial charge in [-0.2, -0.15) is 11.8 Å². The summed E-state index contributed by atoms with van der Waals surface area (Å²) in [6, 6.07) is 1.62. The van der Waals surface area contributed by atoms with Crippen molar-refractivity contribution in [2.24, 2.45) is 5.41 Å². The lowest BCUT2D eigenvalue weighted by atomic mass is 9.85. The molecule has 2 fully saturated rings. The molecule has 1 atom stereocenters. The van der Waals surface area contributed by atoms with E-state index < -0.39 is 0 Å². The standard InChI is InChI=1S/C16H32N2S/c1-4-15(11-19-3)18(2)13-16(9-5-6-10-16)12-17-14-7-8-14/h14-15,17H,4-13H2,1-3H3. The Morgan fingerprint density at radius 1 is 1.32 bits per heavy atom. The van der Waals surface area contributed by atoms with Gasteiger partial charge in [-0.1, -0.05) is 19.8 Å². The second-order valence-corrected chi connectivity index (χ2v) is 7.71. The average molecular weight is 285 g/mol. The lowest BCUT2D eigenvalue weighted by molar-refractivity contribution is 0.140. The number of nitrogens with zero attached hydrogens (tertiary/aromatic N) is 1. The molecule has 0 aromatic carbocycles. The Labute approximate surface area is 124 Å². The molecule has 0 aliphatic heterocycles. The van der Waals surface area contributed by atoms with Crippen LogP contribution in [0.15, 0.2) is 0 Å². The first kappa shape index (κ1) is 15.7. The summed E-state index contributed by atoms with van der Waals surface area (Å²) < 4.78 is 0. The predicted molar refractivity (Wildman–Crippen MR) is 87.0 cm³/mol. The Morgan fingerprint density at radius 3 is 2.53 bits per heavy atom. The van der Waals surface area contributed by atoms with Crippen LogP contribution in [0.2, 0.25) is 0 Å². The third-order valence-corrected chi connectivity index (χ3v) is 5.76. The number of hydrogen-bond acceptors (Lipinski definition) is 3. The van der Waals surface area contributed by atoms with E-state index in [1.807, 2.05) is 11.8 Å². The van der Waals surface area contributed by atoms with Gasteiger partial charge in [-0.3, -0.25) is 0 Å². The van der Waals surface area contributed by atoms with E-state index in [0.29, 0.717) is 5.41 Å². The van der Waals surface area contributed by atoms with E-state index in [0.717, 1.165) is 12.1 Å². The lowest BCUT2D eigenvalue weighted by Crippen LogP contribution is -2.45. The minimum atomic E-state index is 0.573. The van der Waals surface area contributed by atoms with Crippen LogP contribution in [0, 0.1) is 5.41 Å². The molecule has 0 bridgehead atoms. The van der Waals surface area contributed by atoms with Gasteiger partial charge in [0.15, 0.2) is 0 Å². The molecule has 0 spiro atoms. The number of hydrogen-bond donors (Lipinski definition) is 1. The molecule has 112 valence electrons. The van der Waals surface area contributed by atoms with Gasteiger partial charge in [0, 0.05) is 30.9 Å². The van der Waals surface area contributed by atoms with Gasteiger partial charge < -0.3 is 10.2 Å². The first-order chi connectivity index (χ1) is 9.19. The third-order valence-electron chi connectivity index (χ3n) is 5.05. The highest BCUT2D eigenvalue weighted by molar-refractivity contribution is 7.98. The van der Waals surface area contributed by atoms with Crippen molar-refractivity contribution in [3.8, 4) is 0 Å². The van der Waals surface area contributed by atoms with Crippen molar-refractivity contribution in [2.75, 3.05) is 32.1 Å². The predicted octanol–water partition coefficient (Wildman–Crippen LogP) is 3.37. The molecule has 2 aliphatic rings. The quantitative estimate of drug-likeness (QED) is 0.699. The van der Waals surface area contributed by atoms with Crippen LogP contribution in [-0.2, 0) is 0 Å². The van der Waals surface area contributed by atoms with E-state index in [9.17, 15) is 0 Å². The highest BCUT2D eigenvalue weighted by Crippen LogP contribution is 2.39. The van der Waals surface area contributed by atoms with Gasteiger partial charge in [-0.15, -0.1) is 0 Å². The van der Waals surface area contributed by atoms with Crippen molar-refractivity contribution >= 4 is 11.8 Å². The number of thioether (sulfide) groups is 1. The van der Waals surface area contributed by atoms with Crippen LogP contribution in [0.25, 0.3) is 0 Å². The highest BCUT2D eigenvalue weighted by Gasteiger charge is 2.37. The summed E-state index contributed by atoms with van der Waals surface area (Å²) in [5.41, 5.74) is 0.573. The van der Waals surface area contributed by atoms with Crippen LogP contribution in [0.4, 0.5) is 0 Å². The Hall–Kier alpha value is 0.270. The summed E-state index contributed by atoms with van der Waals surface area (Å²) in [5.74, 6) is 1.28. The van der Waals surface area contributed by atoms with Crippen LogP contribution >= 0.6 is 11.8 Å². The summed E-state index contributed by atoms with van der Waals surface area (Å²) in [6.45, 7) is 4.89. The van der Waals surface area contributed by atoms with Gasteiger partial charge in [0.05, 0.1) is 0 Å². The van der Waals surface area contributed by atoms with E-state index in [4.69, 9.17) is 0 Å². The molecule has 2 rings (SSSR count). The largest absolute Gasteiger partial charge is 0.313 e. The molecule has 1 unspecified atom stereocenters. The van der Waals surface area contributed by atoms with Gasteiger partial charge in [0.2, 0.25) is 0 Å². The Bertz CT molecular complexity index is 259. The average Bonchev–Trinajstić information content (AvgIpc) is 3.14. The maximum Gasteiger partial charge on any atom is 0.0180 e. The zero-order valence-corrected chi connectivity index (χ0v) is 13.9. The second-order valence-electron chi connectivity index (χ2n) is 6.79. The van der Waals surface area contributed by atoms with Crippen LogP contribution < -0.4 is 5.32 Å². The molecule has 0 heterocycles. The number of nitrogens with one attached hydrogen (secondary N) is 1. The van der Waals surface area contributed by atoms with Gasteiger partial charge in [-0.05, 0) is 50.8 Å². The van der Waals surface area contributed by atoms with E-state index in [1.165, 1.54) is 63.8 Å². The molecule has 0 saturated heterocycles. The fourth-order valence-electron chi connectivity index (χ4n) is 3.57. The van der Waals surface area contributed by atoms with Crippen LogP contribution in [0.1, 0.15) is 51.9 Å². The molecular weight excluding hydrogens is 252 g/mol. The molecule has 2 saturated carbocycles. The molecule has 2 nitrogen and oxygen atoms in total. The highest BCUT2D eigenvalue weighted by atomic mass is 32.2. The molecule has 19 heavy (non-hydrogen) atoms. The molecule has 0 radical (unpaired) electrons. The summed E-state index contributed by atoms with van der Waals surface area (Å²) in [6.07, 6.45) is 12.1. The molecule has 1 N–H and O–H groups in total. The maximum atomic E-state index is 3.80. The summed E-state index contributed by atoms with van der Waals surface area (Å²) in [4.78, 5) is 2.65. The van der Waals surface area contributed by atoms with Crippen molar-refractivity contribution in [1.29, 1.82) is 0 Å². The molecule has 0 aromatic rings. The van der Waals surface area contributed by atoms with E-state index in [-0.39, 0.29) is 0 Å². The van der Waals surface area contributed by atoms with E-state index in [2.05, 4.69) is 30.4 Å². The Balaban J connectivity index is 1.86. The van der Waals surface area contributed by atoms with Gasteiger partial charge in [0.25, 0.3) is 0 Å². The second kappa shape index (κ2) is 7.33. The van der Waals surface area contributed by atoms with Gasteiger partial charge in [-0.25, -0.2) is 0 Å². The minimum Gasteiger partial charge on any atom is -0.313 e. The molecule has 3 heteroatoms. The topological polar surface area (TPSA) is 15.3 Å². The first-order valence-electron chi connectivity index (χ1n) is 8.12. The fourth-order valence-corrected chi connectivity index (χ4v) is 4.45. The van der Waals surface area contributed by atoms with Crippen molar-refractivity contribution < 1.29 is 0 Å². The Kier molecular flexibility index (Phi) is 6.04. The van der Waals surface area contributed by atoms with E-state index in [1.54, 1.807) is 0 Å². The van der Waals surface area contributed by atoms with Crippen LogP contribution in [-0.4, -0.2) is 49.1 Å². The van der Waals surface area contributed by atoms with Crippen molar-refractivity contribution in [3.05, 3.63) is 0 Å². The van der Waals surface area contributed by atoms with E-state index >= 15 is 0 Å². The molecule has 0 amide bonds. The third kappa shape index (κ3) is 4.64. The molecule has 2 aliphatic carbocycles. The first-order valence-corrected chi connectivity index (χ1v) is 9.51. The lowest BCUT2D eigenvalue weighted by Gasteiger charge is -2.37. The van der Waals surface area contributed by atoms with Gasteiger partial charge >= 0.3 is 0 Å². The Morgan fingerprint density at radius 2 is 2.00 bits per heavy atom. The zero-order chi connectivity index (χ0) is 13.7. The summed E-state index contributed by atoms with van der Waals surface area (Å²) in [5, 5.41) is 3.80. The summed E-state index contributed by atoms with van der Waals surface area (Å²) >= 11 is 1.99.